The van der Waals surface area contributed by atoms with Crippen LogP contribution in [0.4, 0.5) is 5.82 Å². The molecular weight excluding hydrogens is 318 g/mol. The Kier molecular flexibility index (Phi) is 3.32. The van der Waals surface area contributed by atoms with Gasteiger partial charge in [0.1, 0.15) is 5.82 Å². The molecule has 0 bridgehead atoms. The Bertz CT molecular complexity index is 858. The molecule has 0 spiro atoms. The second kappa shape index (κ2) is 5.34. The zero-order valence-corrected chi connectivity index (χ0v) is 13.1. The molecule has 0 aromatic carbocycles. The quantitative estimate of drug-likeness (QED) is 0.787. The summed E-state index contributed by atoms with van der Waals surface area (Å²) in [5.41, 5.74) is 0. The molecule has 0 saturated heterocycles. The van der Waals surface area contributed by atoms with Gasteiger partial charge in [0.15, 0.2) is 0 Å². The molecule has 1 aliphatic carbocycles. The van der Waals surface area contributed by atoms with Gasteiger partial charge in [-0.1, -0.05) is 11.6 Å². The first-order valence-corrected chi connectivity index (χ1v) is 8.16. The van der Waals surface area contributed by atoms with E-state index in [0.717, 1.165) is 21.5 Å². The number of hydrogen-bond donors (Lipinski definition) is 1. The van der Waals surface area contributed by atoms with Gasteiger partial charge in [-0.05, 0) is 36.1 Å². The predicted molar refractivity (Wildman–Crippen MR) is 88.3 cm³/mol. The fourth-order valence-corrected chi connectivity index (χ4v) is 3.89. The second-order valence-corrected chi connectivity index (χ2v) is 7.08. The van der Waals surface area contributed by atoms with E-state index in [1.165, 1.54) is 4.88 Å². The summed E-state index contributed by atoms with van der Waals surface area (Å²) in [5.74, 6) is 0.873. The zero-order valence-electron chi connectivity index (χ0n) is 11.5. The number of carbonyl (C=O) groups excluding carboxylic acids is 1. The van der Waals surface area contributed by atoms with Crippen molar-refractivity contribution in [3.63, 3.8) is 0 Å². The molecule has 3 aromatic rings. The number of carbonyl (C=O) groups is 1. The maximum absolute atomic E-state index is 12.4. The van der Waals surface area contributed by atoms with E-state index < -0.39 is 0 Å². The van der Waals surface area contributed by atoms with Crippen molar-refractivity contribution >= 4 is 45.4 Å². The van der Waals surface area contributed by atoms with Crippen molar-refractivity contribution in [2.45, 2.75) is 12.3 Å². The molecule has 0 radical (unpaired) electrons. The van der Waals surface area contributed by atoms with Gasteiger partial charge in [-0.15, -0.1) is 11.3 Å². The van der Waals surface area contributed by atoms with Gasteiger partial charge in [0, 0.05) is 40.7 Å². The lowest BCUT2D eigenvalue weighted by atomic mass is 10.2. The predicted octanol–water partition coefficient (Wildman–Crippen LogP) is 4.09. The van der Waals surface area contributed by atoms with Crippen molar-refractivity contribution < 1.29 is 4.79 Å². The van der Waals surface area contributed by atoms with Crippen LogP contribution in [0.3, 0.4) is 0 Å². The van der Waals surface area contributed by atoms with Crippen LogP contribution in [0.5, 0.6) is 0 Å². The van der Waals surface area contributed by atoms with Crippen LogP contribution in [0, 0.1) is 5.92 Å². The van der Waals surface area contributed by atoms with Crippen LogP contribution >= 0.6 is 22.9 Å². The number of nitrogens with zero attached hydrogens (tertiary/aromatic N) is 2. The normalized spacial score (nSPS) is 20.0. The summed E-state index contributed by atoms with van der Waals surface area (Å²) in [4.78, 5) is 22.0. The van der Waals surface area contributed by atoms with Gasteiger partial charge in [-0.3, -0.25) is 9.78 Å². The second-order valence-electron chi connectivity index (χ2n) is 5.34. The third kappa shape index (κ3) is 2.46. The summed E-state index contributed by atoms with van der Waals surface area (Å²) in [6.07, 6.45) is 6.01. The Morgan fingerprint density at radius 1 is 1.27 bits per heavy atom. The van der Waals surface area contributed by atoms with E-state index in [2.05, 4.69) is 15.3 Å². The molecule has 22 heavy (non-hydrogen) atoms. The van der Waals surface area contributed by atoms with E-state index in [4.69, 9.17) is 11.6 Å². The van der Waals surface area contributed by atoms with E-state index in [-0.39, 0.29) is 17.7 Å². The number of aromatic nitrogens is 2. The minimum absolute atomic E-state index is 0.00319. The average molecular weight is 330 g/mol. The summed E-state index contributed by atoms with van der Waals surface area (Å²) < 4.78 is 0.767. The topological polar surface area (TPSA) is 54.9 Å². The lowest BCUT2D eigenvalue weighted by molar-refractivity contribution is -0.117. The summed E-state index contributed by atoms with van der Waals surface area (Å²) in [7, 11) is 0. The molecule has 1 saturated carbocycles. The minimum Gasteiger partial charge on any atom is -0.310 e. The van der Waals surface area contributed by atoms with Crippen molar-refractivity contribution in [1.82, 2.24) is 9.97 Å². The highest BCUT2D eigenvalue weighted by atomic mass is 35.5. The van der Waals surface area contributed by atoms with Gasteiger partial charge < -0.3 is 5.32 Å². The number of halogens is 1. The Morgan fingerprint density at radius 2 is 2.14 bits per heavy atom. The van der Waals surface area contributed by atoms with Gasteiger partial charge >= 0.3 is 0 Å². The van der Waals surface area contributed by atoms with Crippen molar-refractivity contribution in [3.05, 3.63) is 52.1 Å². The monoisotopic (exact) mass is 329 g/mol. The van der Waals surface area contributed by atoms with Crippen molar-refractivity contribution in [1.29, 1.82) is 0 Å². The van der Waals surface area contributed by atoms with Crippen LogP contribution in [0.1, 0.15) is 17.2 Å². The molecule has 1 N–H and O–H groups in total. The number of amides is 1. The largest absolute Gasteiger partial charge is 0.310 e. The number of hydrogen-bond acceptors (Lipinski definition) is 4. The Hall–Kier alpha value is -1.98. The fourth-order valence-electron chi connectivity index (χ4n) is 2.65. The molecule has 3 aromatic heterocycles. The summed E-state index contributed by atoms with van der Waals surface area (Å²) in [6, 6.07) is 7.69. The first-order valence-electron chi connectivity index (χ1n) is 6.97. The van der Waals surface area contributed by atoms with Crippen LogP contribution in [-0.2, 0) is 4.79 Å². The van der Waals surface area contributed by atoms with E-state index >= 15 is 0 Å². The van der Waals surface area contributed by atoms with Crippen molar-refractivity contribution in [3.8, 4) is 0 Å². The molecule has 3 heterocycles. The van der Waals surface area contributed by atoms with Gasteiger partial charge in [0.05, 0.1) is 4.34 Å². The molecular formula is C16H12ClN3OS. The number of rotatable bonds is 3. The lowest BCUT2D eigenvalue weighted by Crippen LogP contribution is -2.15. The highest BCUT2D eigenvalue weighted by Gasteiger charge is 2.45. The lowest BCUT2D eigenvalue weighted by Gasteiger charge is -2.06. The van der Waals surface area contributed by atoms with Crippen LogP contribution < -0.4 is 5.32 Å². The fraction of sp³-hybridized carbons (Fsp3) is 0.188. The Morgan fingerprint density at radius 3 is 2.95 bits per heavy atom. The van der Waals surface area contributed by atoms with E-state index in [0.29, 0.717) is 5.82 Å². The highest BCUT2D eigenvalue weighted by Crippen LogP contribution is 2.50. The third-order valence-corrected chi connectivity index (χ3v) is 5.26. The molecule has 110 valence electrons. The van der Waals surface area contributed by atoms with Gasteiger partial charge in [0.25, 0.3) is 0 Å². The van der Waals surface area contributed by atoms with E-state index in [1.54, 1.807) is 29.9 Å². The molecule has 0 unspecified atom stereocenters. The first kappa shape index (κ1) is 13.7. The van der Waals surface area contributed by atoms with Crippen molar-refractivity contribution in [2.75, 3.05) is 5.32 Å². The summed E-state index contributed by atoms with van der Waals surface area (Å²) >= 11 is 7.50. The van der Waals surface area contributed by atoms with Crippen LogP contribution in [-0.4, -0.2) is 15.9 Å². The maximum Gasteiger partial charge on any atom is 0.229 e. The SMILES string of the molecule is O=C(Nc1nccc2ccncc12)[C@@H]1C[C@H]1c1ccc(Cl)s1. The van der Waals surface area contributed by atoms with Gasteiger partial charge in [-0.25, -0.2) is 4.98 Å². The number of nitrogens with one attached hydrogen (secondary N) is 1. The van der Waals surface area contributed by atoms with Gasteiger partial charge in [-0.2, -0.15) is 0 Å². The molecule has 4 rings (SSSR count). The van der Waals surface area contributed by atoms with Crippen LogP contribution in [0.2, 0.25) is 4.34 Å². The van der Waals surface area contributed by atoms with E-state index in [1.807, 2.05) is 24.3 Å². The number of pyridine rings is 2. The van der Waals surface area contributed by atoms with E-state index in [9.17, 15) is 4.79 Å². The summed E-state index contributed by atoms with van der Waals surface area (Å²) in [6.45, 7) is 0. The van der Waals surface area contributed by atoms with Crippen LogP contribution in [0.25, 0.3) is 10.8 Å². The average Bonchev–Trinajstić information content (AvgIpc) is 3.23. The number of anilines is 1. The van der Waals surface area contributed by atoms with Crippen molar-refractivity contribution in [2.24, 2.45) is 5.92 Å². The molecule has 6 heteroatoms. The molecule has 2 atom stereocenters. The molecule has 0 aliphatic heterocycles. The first-order chi connectivity index (χ1) is 10.7. The zero-order chi connectivity index (χ0) is 15.1. The Balaban J connectivity index is 1.53. The number of fused-ring (bicyclic) bond motifs is 1. The minimum atomic E-state index is 0.00319. The molecule has 1 amide bonds. The molecule has 4 nitrogen and oxygen atoms in total. The smallest absolute Gasteiger partial charge is 0.229 e. The third-order valence-electron chi connectivity index (χ3n) is 3.90. The molecule has 1 aliphatic rings. The van der Waals surface area contributed by atoms with Crippen LogP contribution in [0.15, 0.2) is 42.9 Å². The standard InChI is InChI=1S/C16H12ClN3OS/c17-14-2-1-13(22-14)10-7-11(10)16(21)20-15-12-8-18-5-3-9(12)4-6-19-15/h1-6,8,10-11H,7H2,(H,19,20,21)/t10-,11-/m1/s1. The number of thiophene rings is 1. The summed E-state index contributed by atoms with van der Waals surface area (Å²) in [5, 5.41) is 4.80. The van der Waals surface area contributed by atoms with Gasteiger partial charge in [0.2, 0.25) is 5.91 Å². The maximum atomic E-state index is 12.4. The highest BCUT2D eigenvalue weighted by molar-refractivity contribution is 7.16. The molecule has 1 fully saturated rings. The Labute approximate surface area is 136 Å².